The number of nitriles is 1. The summed E-state index contributed by atoms with van der Waals surface area (Å²) in [6.45, 7) is 3.83. The van der Waals surface area contributed by atoms with Crippen LogP contribution in [0.25, 0.3) is 0 Å². The summed E-state index contributed by atoms with van der Waals surface area (Å²) in [6, 6.07) is 9.47. The lowest BCUT2D eigenvalue weighted by Crippen LogP contribution is -2.23. The number of thioether (sulfide) groups is 1. The van der Waals surface area contributed by atoms with Gasteiger partial charge in [-0.15, -0.1) is 11.8 Å². The van der Waals surface area contributed by atoms with Crippen molar-refractivity contribution in [1.29, 1.82) is 5.26 Å². The number of aromatic nitrogens is 2. The highest BCUT2D eigenvalue weighted by Gasteiger charge is 2.16. The van der Waals surface area contributed by atoms with E-state index in [0.717, 1.165) is 10.6 Å². The fraction of sp³-hybridized carbons (Fsp3) is 0.312. The third kappa shape index (κ3) is 4.12. The van der Waals surface area contributed by atoms with Gasteiger partial charge < -0.3 is 9.88 Å². The second kappa shape index (κ2) is 7.66. The van der Waals surface area contributed by atoms with Gasteiger partial charge in [-0.25, -0.2) is 4.98 Å². The van der Waals surface area contributed by atoms with Gasteiger partial charge in [-0.05, 0) is 19.1 Å². The molecule has 1 heterocycles. The Morgan fingerprint density at radius 2 is 2.23 bits per heavy atom. The average molecular weight is 314 g/mol. The molecule has 0 radical (unpaired) electrons. The maximum Gasteiger partial charge on any atom is 0.247 e. The topological polar surface area (TPSA) is 70.7 Å². The van der Waals surface area contributed by atoms with Gasteiger partial charge in [-0.3, -0.25) is 4.79 Å². The van der Waals surface area contributed by atoms with Crippen molar-refractivity contribution in [2.45, 2.75) is 36.5 Å². The SMILES string of the molecule is C[C@H](CC#N)Sc1ccccc1NC(=O)[C@@H](C)n1ccnc1. The van der Waals surface area contributed by atoms with Gasteiger partial charge in [0.05, 0.1) is 18.1 Å². The molecule has 2 atom stereocenters. The summed E-state index contributed by atoms with van der Waals surface area (Å²) in [7, 11) is 0. The number of para-hydroxylation sites is 1. The molecule has 0 fully saturated rings. The van der Waals surface area contributed by atoms with Gasteiger partial charge in [-0.1, -0.05) is 19.1 Å². The average Bonchev–Trinajstić information content (AvgIpc) is 3.03. The second-order valence-corrected chi connectivity index (χ2v) is 6.44. The van der Waals surface area contributed by atoms with Gasteiger partial charge in [0.1, 0.15) is 6.04 Å². The van der Waals surface area contributed by atoms with Crippen LogP contribution in [0.15, 0.2) is 47.9 Å². The van der Waals surface area contributed by atoms with Gasteiger partial charge >= 0.3 is 0 Å². The molecule has 0 saturated carbocycles. The van der Waals surface area contributed by atoms with Crippen molar-refractivity contribution in [2.24, 2.45) is 0 Å². The van der Waals surface area contributed by atoms with Crippen molar-refractivity contribution < 1.29 is 4.79 Å². The monoisotopic (exact) mass is 314 g/mol. The minimum absolute atomic E-state index is 0.0982. The maximum atomic E-state index is 12.4. The number of carbonyl (C=O) groups excluding carboxylic acids is 1. The Balaban J connectivity index is 2.09. The number of anilines is 1. The number of hydrogen-bond donors (Lipinski definition) is 1. The third-order valence-corrected chi connectivity index (χ3v) is 4.38. The molecule has 0 unspecified atom stereocenters. The van der Waals surface area contributed by atoms with E-state index in [2.05, 4.69) is 16.4 Å². The zero-order valence-electron chi connectivity index (χ0n) is 12.6. The summed E-state index contributed by atoms with van der Waals surface area (Å²) in [5, 5.41) is 11.9. The Bertz CT molecular complexity index is 663. The summed E-state index contributed by atoms with van der Waals surface area (Å²) in [6.07, 6.45) is 5.51. The molecule has 2 rings (SSSR count). The van der Waals surface area contributed by atoms with Crippen molar-refractivity contribution in [3.63, 3.8) is 0 Å². The van der Waals surface area contributed by atoms with Gasteiger partial charge in [-0.2, -0.15) is 5.26 Å². The maximum absolute atomic E-state index is 12.4. The zero-order valence-corrected chi connectivity index (χ0v) is 13.4. The molecular weight excluding hydrogens is 296 g/mol. The van der Waals surface area contributed by atoms with Crippen LogP contribution >= 0.6 is 11.8 Å². The molecule has 0 saturated heterocycles. The van der Waals surface area contributed by atoms with E-state index in [0.29, 0.717) is 6.42 Å². The molecule has 0 aliphatic carbocycles. The third-order valence-electron chi connectivity index (χ3n) is 3.20. The summed E-state index contributed by atoms with van der Waals surface area (Å²) < 4.78 is 1.75. The fourth-order valence-electron chi connectivity index (χ4n) is 1.93. The first-order chi connectivity index (χ1) is 10.6. The predicted octanol–water partition coefficient (Wildman–Crippen LogP) is 3.48. The molecular formula is C16H18N4OS. The van der Waals surface area contributed by atoms with Crippen molar-refractivity contribution in [2.75, 3.05) is 5.32 Å². The Kier molecular flexibility index (Phi) is 5.61. The van der Waals surface area contributed by atoms with Crippen molar-refractivity contribution in [1.82, 2.24) is 9.55 Å². The number of carbonyl (C=O) groups is 1. The van der Waals surface area contributed by atoms with Crippen LogP contribution in [-0.4, -0.2) is 20.7 Å². The highest BCUT2D eigenvalue weighted by Crippen LogP contribution is 2.31. The molecule has 1 N–H and O–H groups in total. The van der Waals surface area contributed by atoms with Crippen LogP contribution < -0.4 is 5.32 Å². The lowest BCUT2D eigenvalue weighted by atomic mass is 10.2. The van der Waals surface area contributed by atoms with Crippen LogP contribution in [0.2, 0.25) is 0 Å². The van der Waals surface area contributed by atoms with Crippen LogP contribution in [0.4, 0.5) is 5.69 Å². The first-order valence-corrected chi connectivity index (χ1v) is 7.90. The number of rotatable bonds is 6. The van der Waals surface area contributed by atoms with Crippen LogP contribution in [0.5, 0.6) is 0 Å². The predicted molar refractivity (Wildman–Crippen MR) is 87.6 cm³/mol. The van der Waals surface area contributed by atoms with E-state index in [1.54, 1.807) is 35.0 Å². The molecule has 1 amide bonds. The van der Waals surface area contributed by atoms with E-state index >= 15 is 0 Å². The van der Waals surface area contributed by atoms with Crippen molar-refractivity contribution >= 4 is 23.4 Å². The minimum atomic E-state index is -0.336. The van der Waals surface area contributed by atoms with E-state index in [4.69, 9.17) is 5.26 Å². The van der Waals surface area contributed by atoms with Gasteiger partial charge in [0.2, 0.25) is 5.91 Å². The standard InChI is InChI=1S/C16H18N4OS/c1-12(7-8-17)22-15-6-4-3-5-14(15)19-16(21)13(2)20-10-9-18-11-20/h3-6,9-13H,7H2,1-2H3,(H,19,21)/t12-,13-/m1/s1. The van der Waals surface area contributed by atoms with Crippen LogP contribution in [0.3, 0.4) is 0 Å². The number of nitrogens with zero attached hydrogens (tertiary/aromatic N) is 3. The Morgan fingerprint density at radius 1 is 1.45 bits per heavy atom. The molecule has 0 aliphatic heterocycles. The van der Waals surface area contributed by atoms with Crippen molar-refractivity contribution in [3.05, 3.63) is 43.0 Å². The van der Waals surface area contributed by atoms with Crippen LogP contribution in [0.1, 0.15) is 26.3 Å². The highest BCUT2D eigenvalue weighted by molar-refractivity contribution is 8.00. The van der Waals surface area contributed by atoms with E-state index in [1.807, 2.05) is 38.1 Å². The molecule has 0 bridgehead atoms. The number of imidazole rings is 1. The van der Waals surface area contributed by atoms with E-state index in [1.165, 1.54) is 0 Å². The summed E-state index contributed by atoms with van der Waals surface area (Å²) in [4.78, 5) is 17.3. The minimum Gasteiger partial charge on any atom is -0.325 e. The Morgan fingerprint density at radius 3 is 2.91 bits per heavy atom. The van der Waals surface area contributed by atoms with Gasteiger partial charge in [0, 0.05) is 29.0 Å². The molecule has 22 heavy (non-hydrogen) atoms. The molecule has 1 aromatic heterocycles. The number of nitrogens with one attached hydrogen (secondary N) is 1. The highest BCUT2D eigenvalue weighted by atomic mass is 32.2. The molecule has 114 valence electrons. The van der Waals surface area contributed by atoms with Crippen LogP contribution in [0, 0.1) is 11.3 Å². The van der Waals surface area contributed by atoms with Gasteiger partial charge in [0.15, 0.2) is 0 Å². The normalized spacial score (nSPS) is 13.1. The number of hydrogen-bond acceptors (Lipinski definition) is 4. The first kappa shape index (κ1) is 16.1. The first-order valence-electron chi connectivity index (χ1n) is 7.02. The van der Waals surface area contributed by atoms with Crippen molar-refractivity contribution in [3.8, 4) is 6.07 Å². The Hall–Kier alpha value is -2.26. The number of benzene rings is 1. The van der Waals surface area contributed by atoms with E-state index < -0.39 is 0 Å². The quantitative estimate of drug-likeness (QED) is 0.829. The summed E-state index contributed by atoms with van der Waals surface area (Å²) >= 11 is 1.59. The molecule has 5 nitrogen and oxygen atoms in total. The molecule has 0 spiro atoms. The molecule has 1 aromatic carbocycles. The van der Waals surface area contributed by atoms with Gasteiger partial charge in [0.25, 0.3) is 0 Å². The van der Waals surface area contributed by atoms with E-state index in [9.17, 15) is 4.79 Å². The summed E-state index contributed by atoms with van der Waals surface area (Å²) in [5.41, 5.74) is 0.772. The van der Waals surface area contributed by atoms with Crippen LogP contribution in [-0.2, 0) is 4.79 Å². The zero-order chi connectivity index (χ0) is 15.9. The second-order valence-electron chi connectivity index (χ2n) is 4.96. The molecule has 6 heteroatoms. The summed E-state index contributed by atoms with van der Waals surface area (Å²) in [5.74, 6) is -0.0982. The largest absolute Gasteiger partial charge is 0.325 e. The number of amides is 1. The molecule has 0 aliphatic rings. The smallest absolute Gasteiger partial charge is 0.247 e. The fourth-order valence-corrected chi connectivity index (χ4v) is 2.93. The molecule has 2 aromatic rings. The Labute approximate surface area is 134 Å². The lowest BCUT2D eigenvalue weighted by Gasteiger charge is -2.16. The van der Waals surface area contributed by atoms with E-state index in [-0.39, 0.29) is 17.2 Å². The lowest BCUT2D eigenvalue weighted by molar-refractivity contribution is -0.118.